The van der Waals surface area contributed by atoms with Crippen LogP contribution in [0.15, 0.2) is 30.6 Å². The zero-order valence-electron chi connectivity index (χ0n) is 10.7. The quantitative estimate of drug-likeness (QED) is 0.846. The molecule has 1 fully saturated rings. The molecular weight excluding hydrogens is 276 g/mol. The minimum atomic E-state index is -0.157. The van der Waals surface area contributed by atoms with Crippen molar-refractivity contribution in [2.45, 2.75) is 6.04 Å². The first-order valence-corrected chi connectivity index (χ1v) is 7.44. The molecule has 1 amide bonds. The van der Waals surface area contributed by atoms with Crippen LogP contribution in [0.25, 0.3) is 5.69 Å². The summed E-state index contributed by atoms with van der Waals surface area (Å²) in [6.07, 6.45) is 1.50. The largest absolute Gasteiger partial charge is 0.323 e. The highest BCUT2D eigenvalue weighted by molar-refractivity contribution is 7.99. The van der Waals surface area contributed by atoms with Gasteiger partial charge in [0, 0.05) is 18.1 Å². The van der Waals surface area contributed by atoms with Gasteiger partial charge in [0.25, 0.3) is 0 Å². The smallest absolute Gasteiger partial charge is 0.242 e. The molecule has 0 spiro atoms. The minimum absolute atomic E-state index is 0.0299. The molecule has 1 atom stereocenters. The van der Waals surface area contributed by atoms with Gasteiger partial charge in [-0.15, -0.1) is 5.10 Å². The molecule has 104 valence electrons. The number of anilines is 1. The Bertz CT molecular complexity index is 581. The van der Waals surface area contributed by atoms with Crippen LogP contribution in [0.5, 0.6) is 0 Å². The fourth-order valence-corrected chi connectivity index (χ4v) is 2.94. The minimum Gasteiger partial charge on any atom is -0.323 e. The van der Waals surface area contributed by atoms with E-state index in [9.17, 15) is 4.79 Å². The maximum absolute atomic E-state index is 12.2. The lowest BCUT2D eigenvalue weighted by atomic mass is 10.2. The monoisotopic (exact) mass is 290 g/mol. The fourth-order valence-electron chi connectivity index (χ4n) is 2.00. The average Bonchev–Trinajstić information content (AvgIpc) is 3.03. The molecule has 3 rings (SSSR count). The van der Waals surface area contributed by atoms with Crippen LogP contribution in [0.2, 0.25) is 0 Å². The third-order valence-electron chi connectivity index (χ3n) is 3.00. The summed E-state index contributed by atoms with van der Waals surface area (Å²) in [6, 6.07) is 7.28. The van der Waals surface area contributed by atoms with Crippen molar-refractivity contribution in [3.63, 3.8) is 0 Å². The normalized spacial score (nSPS) is 18.7. The van der Waals surface area contributed by atoms with Crippen LogP contribution < -0.4 is 10.6 Å². The van der Waals surface area contributed by atoms with Crippen molar-refractivity contribution in [1.82, 2.24) is 25.5 Å². The summed E-state index contributed by atoms with van der Waals surface area (Å²) in [5.74, 6) is 1.81. The number of para-hydroxylation sites is 2. The number of aromatic nitrogens is 4. The molecule has 1 aliphatic heterocycles. The molecule has 1 saturated heterocycles. The Kier molecular flexibility index (Phi) is 3.93. The van der Waals surface area contributed by atoms with Crippen LogP contribution in [0.3, 0.4) is 0 Å². The number of hydrogen-bond donors (Lipinski definition) is 2. The first-order chi connectivity index (χ1) is 9.84. The van der Waals surface area contributed by atoms with E-state index in [-0.39, 0.29) is 11.9 Å². The van der Waals surface area contributed by atoms with Gasteiger partial charge in [-0.05, 0) is 22.6 Å². The van der Waals surface area contributed by atoms with E-state index in [0.717, 1.165) is 23.7 Å². The Morgan fingerprint density at radius 2 is 2.35 bits per heavy atom. The van der Waals surface area contributed by atoms with E-state index in [0.29, 0.717) is 5.69 Å². The third-order valence-corrected chi connectivity index (χ3v) is 4.06. The van der Waals surface area contributed by atoms with Crippen molar-refractivity contribution in [3.8, 4) is 5.69 Å². The maximum atomic E-state index is 12.2. The number of carbonyl (C=O) groups is 1. The molecule has 0 saturated carbocycles. The molecule has 1 aliphatic rings. The van der Waals surface area contributed by atoms with Gasteiger partial charge < -0.3 is 10.6 Å². The van der Waals surface area contributed by atoms with Gasteiger partial charge >= 0.3 is 0 Å². The van der Waals surface area contributed by atoms with Crippen molar-refractivity contribution in [2.75, 3.05) is 23.4 Å². The molecule has 20 heavy (non-hydrogen) atoms. The second-order valence-corrected chi connectivity index (χ2v) is 5.49. The number of carbonyl (C=O) groups excluding carboxylic acids is 1. The fraction of sp³-hybridized carbons (Fsp3) is 0.333. The summed E-state index contributed by atoms with van der Waals surface area (Å²) in [7, 11) is 0. The highest BCUT2D eigenvalue weighted by atomic mass is 32.2. The predicted molar refractivity (Wildman–Crippen MR) is 76.9 cm³/mol. The van der Waals surface area contributed by atoms with E-state index in [4.69, 9.17) is 0 Å². The molecule has 2 heterocycles. The number of benzene rings is 1. The first kappa shape index (κ1) is 13.1. The Morgan fingerprint density at radius 3 is 3.10 bits per heavy atom. The van der Waals surface area contributed by atoms with Crippen LogP contribution in [-0.4, -0.2) is 50.2 Å². The molecule has 8 heteroatoms. The maximum Gasteiger partial charge on any atom is 0.242 e. The topological polar surface area (TPSA) is 84.7 Å². The van der Waals surface area contributed by atoms with Crippen molar-refractivity contribution in [1.29, 1.82) is 0 Å². The van der Waals surface area contributed by atoms with Gasteiger partial charge in [-0.25, -0.2) is 0 Å². The lowest BCUT2D eigenvalue weighted by Crippen LogP contribution is -2.46. The lowest BCUT2D eigenvalue weighted by molar-refractivity contribution is -0.117. The first-order valence-electron chi connectivity index (χ1n) is 6.29. The summed E-state index contributed by atoms with van der Waals surface area (Å²) in [6.45, 7) is 0.859. The van der Waals surface area contributed by atoms with Gasteiger partial charge in [0.2, 0.25) is 5.91 Å². The van der Waals surface area contributed by atoms with Gasteiger partial charge in [-0.2, -0.15) is 16.4 Å². The highest BCUT2D eigenvalue weighted by Crippen LogP contribution is 2.19. The zero-order valence-corrected chi connectivity index (χ0v) is 11.5. The number of amides is 1. The summed E-state index contributed by atoms with van der Waals surface area (Å²) in [5.41, 5.74) is 1.44. The van der Waals surface area contributed by atoms with Gasteiger partial charge in [-0.3, -0.25) is 4.79 Å². The van der Waals surface area contributed by atoms with Crippen LogP contribution in [-0.2, 0) is 4.79 Å². The molecular formula is C12H14N6OS. The third kappa shape index (κ3) is 2.81. The Morgan fingerprint density at radius 1 is 1.45 bits per heavy atom. The van der Waals surface area contributed by atoms with Crippen molar-refractivity contribution in [2.24, 2.45) is 0 Å². The standard InChI is InChI=1S/C12H14N6OS/c19-12(10-7-20-6-5-13-10)15-9-3-1-2-4-11(9)18-8-14-16-17-18/h1-4,8,10,13H,5-7H2,(H,15,19). The van der Waals surface area contributed by atoms with E-state index >= 15 is 0 Å². The summed E-state index contributed by atoms with van der Waals surface area (Å²) < 4.78 is 1.53. The van der Waals surface area contributed by atoms with E-state index in [1.54, 1.807) is 11.8 Å². The number of rotatable bonds is 3. The van der Waals surface area contributed by atoms with Gasteiger partial charge in [-0.1, -0.05) is 12.1 Å². The molecule has 1 aromatic heterocycles. The molecule has 1 aromatic carbocycles. The van der Waals surface area contributed by atoms with E-state index in [1.807, 2.05) is 24.3 Å². The van der Waals surface area contributed by atoms with Crippen LogP contribution in [0.1, 0.15) is 0 Å². The van der Waals surface area contributed by atoms with Gasteiger partial charge in [0.1, 0.15) is 6.33 Å². The number of thioether (sulfide) groups is 1. The molecule has 0 aliphatic carbocycles. The van der Waals surface area contributed by atoms with Gasteiger partial charge in [0.15, 0.2) is 0 Å². The highest BCUT2D eigenvalue weighted by Gasteiger charge is 2.21. The molecule has 7 nitrogen and oxygen atoms in total. The lowest BCUT2D eigenvalue weighted by Gasteiger charge is -2.22. The van der Waals surface area contributed by atoms with Crippen LogP contribution in [0, 0.1) is 0 Å². The number of nitrogens with zero attached hydrogens (tertiary/aromatic N) is 4. The molecule has 0 radical (unpaired) electrons. The number of nitrogens with one attached hydrogen (secondary N) is 2. The van der Waals surface area contributed by atoms with E-state index < -0.39 is 0 Å². The van der Waals surface area contributed by atoms with Crippen molar-refractivity contribution >= 4 is 23.4 Å². The summed E-state index contributed by atoms with van der Waals surface area (Å²) in [5, 5.41) is 17.2. The Hall–Kier alpha value is -1.93. The van der Waals surface area contributed by atoms with Gasteiger partial charge in [0.05, 0.1) is 17.4 Å². The van der Waals surface area contributed by atoms with Crippen LogP contribution >= 0.6 is 11.8 Å². The molecule has 0 bridgehead atoms. The average molecular weight is 290 g/mol. The van der Waals surface area contributed by atoms with Crippen LogP contribution in [0.4, 0.5) is 5.69 Å². The summed E-state index contributed by atoms with van der Waals surface area (Å²) in [4.78, 5) is 12.2. The second-order valence-electron chi connectivity index (χ2n) is 4.34. The van der Waals surface area contributed by atoms with Crippen molar-refractivity contribution < 1.29 is 4.79 Å². The van der Waals surface area contributed by atoms with Crippen molar-refractivity contribution in [3.05, 3.63) is 30.6 Å². The number of tetrazole rings is 1. The molecule has 2 aromatic rings. The summed E-state index contributed by atoms with van der Waals surface area (Å²) >= 11 is 1.78. The Balaban J connectivity index is 1.79. The van der Waals surface area contributed by atoms with E-state index in [2.05, 4.69) is 26.2 Å². The zero-order chi connectivity index (χ0) is 13.8. The predicted octanol–water partition coefficient (Wildman–Crippen LogP) is 0.306. The second kappa shape index (κ2) is 6.02. The Labute approximate surface area is 120 Å². The number of hydrogen-bond acceptors (Lipinski definition) is 6. The SMILES string of the molecule is O=C(Nc1ccccc1-n1cnnn1)C1CSCCN1. The molecule has 2 N–H and O–H groups in total. The molecule has 1 unspecified atom stereocenters. The van der Waals surface area contributed by atoms with E-state index in [1.165, 1.54) is 11.0 Å².